The summed E-state index contributed by atoms with van der Waals surface area (Å²) in [6.45, 7) is 3.74. The van der Waals surface area contributed by atoms with Crippen LogP contribution in [0.4, 0.5) is 10.1 Å². The van der Waals surface area contributed by atoms with Gasteiger partial charge < -0.3 is 10.5 Å². The summed E-state index contributed by atoms with van der Waals surface area (Å²) in [7, 11) is 0. The number of anilines is 1. The van der Waals surface area contributed by atoms with Crippen LogP contribution in [0, 0.1) is 12.7 Å². The molecule has 0 amide bonds. The number of halogens is 1. The normalized spacial score (nSPS) is 10.6. The van der Waals surface area contributed by atoms with Gasteiger partial charge in [0.05, 0.1) is 12.3 Å². The number of hydrogen-bond acceptors (Lipinski definition) is 4. The van der Waals surface area contributed by atoms with E-state index in [4.69, 9.17) is 10.5 Å². The Labute approximate surface area is 104 Å². The third kappa shape index (κ3) is 1.88. The zero-order valence-electron chi connectivity index (χ0n) is 10.2. The minimum Gasteiger partial charge on any atom is -0.462 e. The predicted molar refractivity (Wildman–Crippen MR) is 66.8 cm³/mol. The highest BCUT2D eigenvalue weighted by molar-refractivity contribution is 6.05. The number of aromatic nitrogens is 1. The Morgan fingerprint density at radius 2 is 2.22 bits per heavy atom. The van der Waals surface area contributed by atoms with Gasteiger partial charge >= 0.3 is 5.97 Å². The van der Waals surface area contributed by atoms with Crippen LogP contribution in [0.1, 0.15) is 22.8 Å². The summed E-state index contributed by atoms with van der Waals surface area (Å²) in [5, 5.41) is 0.459. The number of esters is 1. The molecule has 1 heterocycles. The highest BCUT2D eigenvalue weighted by atomic mass is 19.1. The summed E-state index contributed by atoms with van der Waals surface area (Å²) >= 11 is 0. The summed E-state index contributed by atoms with van der Waals surface area (Å²) in [5.41, 5.74) is 7.21. The van der Waals surface area contributed by atoms with E-state index in [0.717, 1.165) is 5.56 Å². The number of benzene rings is 1. The van der Waals surface area contributed by atoms with Gasteiger partial charge in [0.1, 0.15) is 16.9 Å². The number of rotatable bonds is 2. The van der Waals surface area contributed by atoms with Gasteiger partial charge in [0.15, 0.2) is 0 Å². The van der Waals surface area contributed by atoms with Crippen molar-refractivity contribution in [2.24, 2.45) is 0 Å². The summed E-state index contributed by atoms with van der Waals surface area (Å²) < 4.78 is 18.5. The van der Waals surface area contributed by atoms with Crippen LogP contribution in [0.2, 0.25) is 0 Å². The second-order valence-corrected chi connectivity index (χ2v) is 3.89. The number of ether oxygens (including phenoxy) is 1. The van der Waals surface area contributed by atoms with E-state index in [9.17, 15) is 9.18 Å². The van der Waals surface area contributed by atoms with Gasteiger partial charge in [-0.2, -0.15) is 0 Å². The molecular formula is C13H13FN2O2. The number of nitrogen functional groups attached to an aromatic ring is 1. The molecule has 0 saturated carbocycles. The first-order valence-corrected chi connectivity index (χ1v) is 5.56. The van der Waals surface area contributed by atoms with E-state index in [1.165, 1.54) is 12.3 Å². The van der Waals surface area contributed by atoms with Crippen molar-refractivity contribution in [1.82, 2.24) is 4.98 Å². The summed E-state index contributed by atoms with van der Waals surface area (Å²) in [6.07, 6.45) is 1.25. The molecule has 0 unspecified atom stereocenters. The Balaban J connectivity index is 2.71. The molecule has 0 fully saturated rings. The molecule has 1 aromatic heterocycles. The van der Waals surface area contributed by atoms with Crippen LogP contribution in [0.15, 0.2) is 18.3 Å². The largest absolute Gasteiger partial charge is 0.462 e. The summed E-state index contributed by atoms with van der Waals surface area (Å²) in [6, 6.07) is 2.93. The van der Waals surface area contributed by atoms with Gasteiger partial charge in [0.2, 0.25) is 0 Å². The first-order valence-electron chi connectivity index (χ1n) is 5.56. The quantitative estimate of drug-likeness (QED) is 0.829. The zero-order valence-corrected chi connectivity index (χ0v) is 10.2. The summed E-state index contributed by atoms with van der Waals surface area (Å²) in [5.74, 6) is -1.01. The number of carbonyl (C=O) groups is 1. The molecule has 0 atom stereocenters. The number of carbonyl (C=O) groups excluding carboxylic acids is 1. The Morgan fingerprint density at radius 1 is 1.50 bits per heavy atom. The topological polar surface area (TPSA) is 65.2 Å². The third-order valence-electron chi connectivity index (χ3n) is 2.71. The van der Waals surface area contributed by atoms with Crippen molar-refractivity contribution in [3.05, 3.63) is 35.3 Å². The van der Waals surface area contributed by atoms with E-state index in [-0.39, 0.29) is 23.4 Å². The molecule has 0 aliphatic heterocycles. The molecule has 18 heavy (non-hydrogen) atoms. The molecule has 5 heteroatoms. The van der Waals surface area contributed by atoms with Crippen LogP contribution in [-0.4, -0.2) is 17.6 Å². The van der Waals surface area contributed by atoms with Crippen molar-refractivity contribution in [1.29, 1.82) is 0 Å². The summed E-state index contributed by atoms with van der Waals surface area (Å²) in [4.78, 5) is 15.6. The van der Waals surface area contributed by atoms with E-state index in [1.54, 1.807) is 19.9 Å². The maximum absolute atomic E-state index is 13.6. The van der Waals surface area contributed by atoms with Crippen molar-refractivity contribution in [3.63, 3.8) is 0 Å². The highest BCUT2D eigenvalue weighted by Crippen LogP contribution is 2.28. The van der Waals surface area contributed by atoms with Crippen LogP contribution in [-0.2, 0) is 4.74 Å². The van der Waals surface area contributed by atoms with Crippen molar-refractivity contribution in [2.75, 3.05) is 12.3 Å². The predicted octanol–water partition coefficient (Wildman–Crippen LogP) is 2.44. The Morgan fingerprint density at radius 3 is 2.89 bits per heavy atom. The van der Waals surface area contributed by atoms with Gasteiger partial charge in [-0.15, -0.1) is 0 Å². The maximum atomic E-state index is 13.6. The van der Waals surface area contributed by atoms with Gasteiger partial charge in [-0.25, -0.2) is 9.18 Å². The molecule has 2 rings (SSSR count). The van der Waals surface area contributed by atoms with Gasteiger partial charge in [0, 0.05) is 11.6 Å². The molecule has 1 aromatic carbocycles. The molecule has 0 saturated heterocycles. The fraction of sp³-hybridized carbons (Fsp3) is 0.231. The molecule has 0 spiro atoms. The minimum atomic E-state index is -0.548. The second kappa shape index (κ2) is 4.60. The van der Waals surface area contributed by atoms with Crippen molar-refractivity contribution in [2.45, 2.75) is 13.8 Å². The first-order chi connectivity index (χ1) is 8.56. The van der Waals surface area contributed by atoms with Crippen LogP contribution in [0.5, 0.6) is 0 Å². The standard InChI is InChI=1S/C13H13FN2O2/c1-3-18-13(17)8-6-16-12-9(14)5-4-7(2)10(12)11(8)15/h4-6H,3H2,1-2H3,(H2,15,16). The number of pyridine rings is 1. The monoisotopic (exact) mass is 248 g/mol. The molecule has 0 aliphatic carbocycles. The van der Waals surface area contributed by atoms with Crippen LogP contribution in [0.25, 0.3) is 10.9 Å². The first kappa shape index (κ1) is 12.3. The van der Waals surface area contributed by atoms with Gasteiger partial charge in [-0.3, -0.25) is 4.98 Å². The van der Waals surface area contributed by atoms with Gasteiger partial charge in [0.25, 0.3) is 0 Å². The van der Waals surface area contributed by atoms with E-state index in [0.29, 0.717) is 5.39 Å². The zero-order chi connectivity index (χ0) is 13.3. The highest BCUT2D eigenvalue weighted by Gasteiger charge is 2.17. The molecule has 0 aliphatic rings. The van der Waals surface area contributed by atoms with Crippen LogP contribution in [0.3, 0.4) is 0 Å². The fourth-order valence-corrected chi connectivity index (χ4v) is 1.84. The molecular weight excluding hydrogens is 235 g/mol. The number of aryl methyl sites for hydroxylation is 1. The maximum Gasteiger partial charge on any atom is 0.341 e. The fourth-order valence-electron chi connectivity index (χ4n) is 1.84. The number of nitrogens with two attached hydrogens (primary N) is 1. The van der Waals surface area contributed by atoms with Gasteiger partial charge in [-0.1, -0.05) is 6.07 Å². The third-order valence-corrected chi connectivity index (χ3v) is 2.71. The lowest BCUT2D eigenvalue weighted by Crippen LogP contribution is -2.09. The SMILES string of the molecule is CCOC(=O)c1cnc2c(F)ccc(C)c2c1N. The minimum absolute atomic E-state index is 0.165. The lowest BCUT2D eigenvalue weighted by Gasteiger charge is -2.10. The second-order valence-electron chi connectivity index (χ2n) is 3.89. The van der Waals surface area contributed by atoms with E-state index >= 15 is 0 Å². The van der Waals surface area contributed by atoms with E-state index < -0.39 is 11.8 Å². The lowest BCUT2D eigenvalue weighted by atomic mass is 10.0. The number of fused-ring (bicyclic) bond motifs is 1. The van der Waals surface area contributed by atoms with E-state index in [1.807, 2.05) is 0 Å². The molecule has 94 valence electrons. The van der Waals surface area contributed by atoms with Gasteiger partial charge in [-0.05, 0) is 25.5 Å². The number of nitrogens with zero attached hydrogens (tertiary/aromatic N) is 1. The average molecular weight is 248 g/mol. The Kier molecular flexibility index (Phi) is 3.14. The molecule has 0 radical (unpaired) electrons. The lowest BCUT2D eigenvalue weighted by molar-refractivity contribution is 0.0527. The van der Waals surface area contributed by atoms with Crippen molar-refractivity contribution < 1.29 is 13.9 Å². The smallest absolute Gasteiger partial charge is 0.341 e. The number of hydrogen-bond donors (Lipinski definition) is 1. The molecule has 0 bridgehead atoms. The van der Waals surface area contributed by atoms with Crippen molar-refractivity contribution in [3.8, 4) is 0 Å². The molecule has 4 nitrogen and oxygen atoms in total. The van der Waals surface area contributed by atoms with Crippen LogP contribution >= 0.6 is 0 Å². The molecule has 2 aromatic rings. The van der Waals surface area contributed by atoms with Crippen molar-refractivity contribution >= 4 is 22.6 Å². The van der Waals surface area contributed by atoms with Crippen LogP contribution < -0.4 is 5.73 Å². The Hall–Kier alpha value is -2.17. The average Bonchev–Trinajstić information content (AvgIpc) is 2.34. The Bertz CT molecular complexity index is 626. The molecule has 2 N–H and O–H groups in total. The van der Waals surface area contributed by atoms with E-state index in [2.05, 4.69) is 4.98 Å².